The Morgan fingerprint density at radius 2 is 2.17 bits per heavy atom. The molecule has 2 atom stereocenters. The Bertz CT molecular complexity index is 310. The van der Waals surface area contributed by atoms with Gasteiger partial charge in [-0.25, -0.2) is 8.42 Å². The smallest absolute Gasteiger partial charge is 0.324 e. The normalized spacial score (nSPS) is 39.7. The minimum Gasteiger partial charge on any atom is -0.480 e. The topological polar surface area (TPSA) is 97.5 Å². The fourth-order valence-corrected chi connectivity index (χ4v) is 3.14. The van der Waals surface area contributed by atoms with E-state index in [9.17, 15) is 13.2 Å². The van der Waals surface area contributed by atoms with Crippen molar-refractivity contribution in [3.63, 3.8) is 0 Å². The van der Waals surface area contributed by atoms with Gasteiger partial charge in [-0.3, -0.25) is 4.79 Å². The number of sulfone groups is 1. The van der Waals surface area contributed by atoms with E-state index in [1.807, 2.05) is 0 Å². The Morgan fingerprint density at radius 1 is 1.67 bits per heavy atom. The highest BCUT2D eigenvalue weighted by molar-refractivity contribution is 7.92. The zero-order valence-electron chi connectivity index (χ0n) is 6.65. The van der Waals surface area contributed by atoms with Crippen LogP contribution in [0.2, 0.25) is 0 Å². The lowest BCUT2D eigenvalue weighted by Gasteiger charge is -2.14. The molecular weight excluding hydrogens is 182 g/mol. The summed E-state index contributed by atoms with van der Waals surface area (Å²) in [5.74, 6) is -1.69. The van der Waals surface area contributed by atoms with Crippen LogP contribution in [0, 0.1) is 0 Å². The van der Waals surface area contributed by atoms with Gasteiger partial charge >= 0.3 is 5.97 Å². The first-order valence-electron chi connectivity index (χ1n) is 3.52. The molecule has 0 spiro atoms. The number of aliphatic carboxylic acids is 1. The third-order valence-electron chi connectivity index (χ3n) is 2.15. The van der Waals surface area contributed by atoms with Crippen molar-refractivity contribution in [3.8, 4) is 0 Å². The lowest BCUT2D eigenvalue weighted by molar-refractivity contribution is -0.142. The van der Waals surface area contributed by atoms with E-state index in [0.29, 0.717) is 0 Å². The maximum absolute atomic E-state index is 11.1. The van der Waals surface area contributed by atoms with E-state index in [-0.39, 0.29) is 6.42 Å². The molecule has 1 rings (SSSR count). The van der Waals surface area contributed by atoms with Gasteiger partial charge in [-0.1, -0.05) is 0 Å². The van der Waals surface area contributed by atoms with Crippen molar-refractivity contribution in [1.82, 2.24) is 0 Å². The van der Waals surface area contributed by atoms with E-state index in [1.165, 1.54) is 6.92 Å². The van der Waals surface area contributed by atoms with Crippen molar-refractivity contribution in [2.75, 3.05) is 5.75 Å². The number of hydrogen-bond acceptors (Lipinski definition) is 4. The summed E-state index contributed by atoms with van der Waals surface area (Å²) < 4.78 is 22.3. The van der Waals surface area contributed by atoms with Gasteiger partial charge in [0.25, 0.3) is 0 Å². The van der Waals surface area contributed by atoms with Gasteiger partial charge in [-0.15, -0.1) is 0 Å². The average Bonchev–Trinajstić information content (AvgIpc) is 2.03. The first-order chi connectivity index (χ1) is 5.28. The van der Waals surface area contributed by atoms with Crippen LogP contribution < -0.4 is 5.73 Å². The zero-order chi connectivity index (χ0) is 9.57. The predicted octanol–water partition coefficient (Wildman–Crippen LogP) is -1.02. The summed E-state index contributed by atoms with van der Waals surface area (Å²) in [5, 5.41) is 7.99. The van der Waals surface area contributed by atoms with Crippen LogP contribution in [0.15, 0.2) is 0 Å². The molecule has 0 saturated carbocycles. The van der Waals surface area contributed by atoms with Gasteiger partial charge < -0.3 is 10.8 Å². The third-order valence-corrected chi connectivity index (χ3v) is 4.46. The van der Waals surface area contributed by atoms with Crippen LogP contribution in [0.3, 0.4) is 0 Å². The second-order valence-electron chi connectivity index (χ2n) is 3.28. The second-order valence-corrected chi connectivity index (χ2v) is 5.70. The van der Waals surface area contributed by atoms with Crippen LogP contribution in [0.25, 0.3) is 0 Å². The van der Waals surface area contributed by atoms with Crippen LogP contribution in [0.4, 0.5) is 0 Å². The van der Waals surface area contributed by atoms with Gasteiger partial charge in [0.05, 0.1) is 11.0 Å². The highest BCUT2D eigenvalue weighted by Gasteiger charge is 2.49. The lowest BCUT2D eigenvalue weighted by atomic mass is 9.98. The Balaban J connectivity index is 3.00. The van der Waals surface area contributed by atoms with E-state index in [1.54, 1.807) is 0 Å². The summed E-state index contributed by atoms with van der Waals surface area (Å²) in [4.78, 5) is 10.6. The van der Waals surface area contributed by atoms with Crippen molar-refractivity contribution in [3.05, 3.63) is 0 Å². The molecule has 5 nitrogen and oxygen atoms in total. The van der Waals surface area contributed by atoms with Crippen LogP contribution >= 0.6 is 0 Å². The highest BCUT2D eigenvalue weighted by atomic mass is 32.2. The van der Waals surface area contributed by atoms with Gasteiger partial charge in [0.15, 0.2) is 9.84 Å². The minimum absolute atomic E-state index is 0.00463. The molecule has 70 valence electrons. The standard InChI is InChI=1S/C6H11NO4S/c1-4-2-6(7,5(8)9)3-12(4,10)11/h4H,2-3,7H2,1H3,(H,8,9). The van der Waals surface area contributed by atoms with E-state index in [2.05, 4.69) is 0 Å². The minimum atomic E-state index is -3.28. The maximum Gasteiger partial charge on any atom is 0.324 e. The van der Waals surface area contributed by atoms with Crippen LogP contribution in [-0.2, 0) is 14.6 Å². The molecule has 0 amide bonds. The maximum atomic E-state index is 11.1. The molecule has 1 aliphatic heterocycles. The molecule has 0 radical (unpaired) electrons. The molecule has 2 unspecified atom stereocenters. The first kappa shape index (κ1) is 9.47. The van der Waals surface area contributed by atoms with E-state index < -0.39 is 32.3 Å². The van der Waals surface area contributed by atoms with Gasteiger partial charge in [0.2, 0.25) is 0 Å². The van der Waals surface area contributed by atoms with E-state index in [0.717, 1.165) is 0 Å². The molecule has 0 aromatic rings. The summed E-state index contributed by atoms with van der Waals surface area (Å²) in [6.45, 7) is 1.48. The number of carboxylic acids is 1. The van der Waals surface area contributed by atoms with Gasteiger partial charge in [0, 0.05) is 0 Å². The van der Waals surface area contributed by atoms with Crippen molar-refractivity contribution in [2.24, 2.45) is 5.73 Å². The number of nitrogens with two attached hydrogens (primary N) is 1. The summed E-state index contributed by atoms with van der Waals surface area (Å²) in [5.41, 5.74) is 3.82. The third kappa shape index (κ3) is 1.32. The van der Waals surface area contributed by atoms with Crippen molar-refractivity contribution < 1.29 is 18.3 Å². The molecule has 0 aromatic heterocycles. The molecule has 1 fully saturated rings. The molecule has 3 N–H and O–H groups in total. The van der Waals surface area contributed by atoms with E-state index in [4.69, 9.17) is 10.8 Å². The molecule has 0 bridgehead atoms. The van der Waals surface area contributed by atoms with Gasteiger partial charge in [-0.2, -0.15) is 0 Å². The summed E-state index contributed by atoms with van der Waals surface area (Å²) >= 11 is 0. The Morgan fingerprint density at radius 3 is 2.33 bits per heavy atom. The fraction of sp³-hybridized carbons (Fsp3) is 0.833. The Kier molecular flexibility index (Phi) is 1.92. The summed E-state index contributed by atoms with van der Waals surface area (Å²) in [7, 11) is -3.28. The Hall–Kier alpha value is -0.620. The number of carbonyl (C=O) groups is 1. The van der Waals surface area contributed by atoms with Crippen molar-refractivity contribution >= 4 is 15.8 Å². The molecule has 1 heterocycles. The molecule has 12 heavy (non-hydrogen) atoms. The quantitative estimate of drug-likeness (QED) is 0.555. The second kappa shape index (κ2) is 2.43. The summed E-state index contributed by atoms with van der Waals surface area (Å²) in [6, 6.07) is 0. The monoisotopic (exact) mass is 193 g/mol. The lowest BCUT2D eigenvalue weighted by Crippen LogP contribution is -2.49. The largest absolute Gasteiger partial charge is 0.480 e. The van der Waals surface area contributed by atoms with Gasteiger partial charge in [0.1, 0.15) is 5.54 Å². The number of rotatable bonds is 1. The molecule has 0 aromatic carbocycles. The van der Waals surface area contributed by atoms with Crippen molar-refractivity contribution in [1.29, 1.82) is 0 Å². The first-order valence-corrected chi connectivity index (χ1v) is 5.23. The fourth-order valence-electron chi connectivity index (χ4n) is 1.35. The SMILES string of the molecule is CC1CC(N)(C(=O)O)CS1(=O)=O. The van der Waals surface area contributed by atoms with Crippen LogP contribution in [0.5, 0.6) is 0 Å². The Labute approximate surface area is 70.5 Å². The highest BCUT2D eigenvalue weighted by Crippen LogP contribution is 2.27. The van der Waals surface area contributed by atoms with Crippen LogP contribution in [-0.4, -0.2) is 36.0 Å². The molecule has 1 aliphatic rings. The van der Waals surface area contributed by atoms with Crippen molar-refractivity contribution in [2.45, 2.75) is 24.1 Å². The summed E-state index contributed by atoms with van der Waals surface area (Å²) in [6.07, 6.45) is 0.00463. The zero-order valence-corrected chi connectivity index (χ0v) is 7.47. The number of hydrogen-bond donors (Lipinski definition) is 2. The molecule has 1 saturated heterocycles. The number of carboxylic acid groups (broad SMARTS) is 1. The molecule has 6 heteroatoms. The predicted molar refractivity (Wildman–Crippen MR) is 42.4 cm³/mol. The van der Waals surface area contributed by atoms with Gasteiger partial charge in [-0.05, 0) is 13.3 Å². The molecule has 0 aliphatic carbocycles. The molecular formula is C6H11NO4S. The van der Waals surface area contributed by atoms with Crippen LogP contribution in [0.1, 0.15) is 13.3 Å². The average molecular weight is 193 g/mol. The van der Waals surface area contributed by atoms with E-state index >= 15 is 0 Å².